The lowest BCUT2D eigenvalue weighted by molar-refractivity contribution is 0.595. The van der Waals surface area contributed by atoms with Gasteiger partial charge in [0.05, 0.1) is 15.7 Å². The van der Waals surface area contributed by atoms with Crippen LogP contribution < -0.4 is 5.73 Å². The first-order valence-electron chi connectivity index (χ1n) is 4.58. The molecule has 1 unspecified atom stereocenters. The standard InChI is InChI=1S/C10H14FNOS/c1-2-3-6-14(13)10-5-4-8(12)7-9(10)11/h4-5,7H,2-3,6,12H2,1H3. The molecule has 0 radical (unpaired) electrons. The second-order valence-electron chi connectivity index (χ2n) is 3.09. The summed E-state index contributed by atoms with van der Waals surface area (Å²) in [6.07, 6.45) is 1.80. The van der Waals surface area contributed by atoms with Gasteiger partial charge in [0.25, 0.3) is 0 Å². The third-order valence-corrected chi connectivity index (χ3v) is 3.37. The molecule has 0 aliphatic rings. The van der Waals surface area contributed by atoms with Gasteiger partial charge in [-0.2, -0.15) is 0 Å². The highest BCUT2D eigenvalue weighted by molar-refractivity contribution is 7.85. The molecule has 1 rings (SSSR count). The highest BCUT2D eigenvalue weighted by atomic mass is 32.2. The van der Waals surface area contributed by atoms with Gasteiger partial charge in [-0.15, -0.1) is 0 Å². The topological polar surface area (TPSA) is 43.1 Å². The molecule has 4 heteroatoms. The zero-order valence-electron chi connectivity index (χ0n) is 8.13. The van der Waals surface area contributed by atoms with Crippen LogP contribution >= 0.6 is 0 Å². The number of unbranched alkanes of at least 4 members (excludes halogenated alkanes) is 1. The number of benzene rings is 1. The van der Waals surface area contributed by atoms with E-state index in [1.165, 1.54) is 12.1 Å². The molecule has 0 fully saturated rings. The molecule has 0 bridgehead atoms. The summed E-state index contributed by atoms with van der Waals surface area (Å²) in [5, 5.41) is 0. The van der Waals surface area contributed by atoms with Gasteiger partial charge in [0.1, 0.15) is 5.82 Å². The fourth-order valence-corrected chi connectivity index (χ4v) is 2.35. The van der Waals surface area contributed by atoms with Crippen molar-refractivity contribution in [3.63, 3.8) is 0 Å². The Balaban J connectivity index is 2.80. The number of halogens is 1. The Morgan fingerprint density at radius 1 is 1.50 bits per heavy atom. The first kappa shape index (κ1) is 11.2. The van der Waals surface area contributed by atoms with Gasteiger partial charge in [0, 0.05) is 11.4 Å². The molecule has 2 nitrogen and oxygen atoms in total. The molecular weight excluding hydrogens is 201 g/mol. The molecule has 14 heavy (non-hydrogen) atoms. The van der Waals surface area contributed by atoms with Crippen LogP contribution in [-0.2, 0) is 10.8 Å². The van der Waals surface area contributed by atoms with Crippen LogP contribution in [0.4, 0.5) is 10.1 Å². The molecule has 0 saturated heterocycles. The molecular formula is C10H14FNOS. The van der Waals surface area contributed by atoms with Crippen molar-refractivity contribution in [2.75, 3.05) is 11.5 Å². The van der Waals surface area contributed by atoms with Crippen LogP contribution in [-0.4, -0.2) is 9.96 Å². The fraction of sp³-hybridized carbons (Fsp3) is 0.400. The molecule has 0 aliphatic carbocycles. The summed E-state index contributed by atoms with van der Waals surface area (Å²) in [5.41, 5.74) is 5.75. The summed E-state index contributed by atoms with van der Waals surface area (Å²) >= 11 is 0. The molecule has 0 aliphatic heterocycles. The average Bonchev–Trinajstić information content (AvgIpc) is 2.14. The van der Waals surface area contributed by atoms with Crippen LogP contribution in [0.25, 0.3) is 0 Å². The SMILES string of the molecule is CCCCS(=O)c1ccc(N)cc1F. The van der Waals surface area contributed by atoms with Gasteiger partial charge in [-0.1, -0.05) is 13.3 Å². The highest BCUT2D eigenvalue weighted by Crippen LogP contribution is 2.16. The van der Waals surface area contributed by atoms with E-state index in [1.807, 2.05) is 6.92 Å². The van der Waals surface area contributed by atoms with E-state index in [-0.39, 0.29) is 4.90 Å². The highest BCUT2D eigenvalue weighted by Gasteiger charge is 2.09. The second kappa shape index (κ2) is 5.10. The van der Waals surface area contributed by atoms with Crippen LogP contribution in [0.5, 0.6) is 0 Å². The number of anilines is 1. The monoisotopic (exact) mass is 215 g/mol. The van der Waals surface area contributed by atoms with Crippen molar-refractivity contribution in [3.05, 3.63) is 24.0 Å². The quantitative estimate of drug-likeness (QED) is 0.783. The summed E-state index contributed by atoms with van der Waals surface area (Å²) in [6.45, 7) is 2.01. The maximum Gasteiger partial charge on any atom is 0.141 e. The molecule has 0 saturated carbocycles. The van der Waals surface area contributed by atoms with Gasteiger partial charge in [-0.25, -0.2) is 4.39 Å². The van der Waals surface area contributed by atoms with E-state index < -0.39 is 16.6 Å². The minimum Gasteiger partial charge on any atom is -0.399 e. The van der Waals surface area contributed by atoms with Crippen LogP contribution in [0, 0.1) is 5.82 Å². The molecule has 2 N–H and O–H groups in total. The third-order valence-electron chi connectivity index (χ3n) is 1.88. The molecule has 1 atom stereocenters. The maximum absolute atomic E-state index is 13.3. The number of hydrogen-bond acceptors (Lipinski definition) is 2. The average molecular weight is 215 g/mol. The van der Waals surface area contributed by atoms with E-state index in [0.717, 1.165) is 12.8 Å². The van der Waals surface area contributed by atoms with Crippen molar-refractivity contribution in [2.45, 2.75) is 24.7 Å². The van der Waals surface area contributed by atoms with Crippen molar-refractivity contribution in [1.82, 2.24) is 0 Å². The lowest BCUT2D eigenvalue weighted by Crippen LogP contribution is -2.01. The molecule has 1 aromatic carbocycles. The predicted molar refractivity (Wildman–Crippen MR) is 57.0 cm³/mol. The van der Waals surface area contributed by atoms with Crippen molar-refractivity contribution < 1.29 is 8.60 Å². The van der Waals surface area contributed by atoms with E-state index in [1.54, 1.807) is 6.07 Å². The van der Waals surface area contributed by atoms with Gasteiger partial charge in [0.15, 0.2) is 0 Å². The van der Waals surface area contributed by atoms with Crippen molar-refractivity contribution >= 4 is 16.5 Å². The minimum absolute atomic E-state index is 0.257. The second-order valence-corrected chi connectivity index (χ2v) is 4.63. The molecule has 0 heterocycles. The number of nitrogen functional groups attached to an aromatic ring is 1. The third kappa shape index (κ3) is 2.80. The van der Waals surface area contributed by atoms with E-state index in [0.29, 0.717) is 11.4 Å². The largest absolute Gasteiger partial charge is 0.399 e. The first-order chi connectivity index (χ1) is 6.65. The van der Waals surface area contributed by atoms with Crippen molar-refractivity contribution in [1.29, 1.82) is 0 Å². The normalized spacial score (nSPS) is 12.7. The maximum atomic E-state index is 13.3. The van der Waals surface area contributed by atoms with E-state index >= 15 is 0 Å². The Bertz CT molecular complexity index is 341. The predicted octanol–water partition coefficient (Wildman–Crippen LogP) is 2.32. The summed E-state index contributed by atoms with van der Waals surface area (Å²) in [4.78, 5) is 0.257. The Kier molecular flexibility index (Phi) is 4.07. The molecule has 0 spiro atoms. The van der Waals surface area contributed by atoms with Crippen LogP contribution in [0.15, 0.2) is 23.1 Å². The first-order valence-corrected chi connectivity index (χ1v) is 5.90. The summed E-state index contributed by atoms with van der Waals surface area (Å²) < 4.78 is 24.8. The minimum atomic E-state index is -1.23. The Labute approximate surface area is 85.8 Å². The number of nitrogens with two attached hydrogens (primary N) is 1. The fourth-order valence-electron chi connectivity index (χ4n) is 1.09. The van der Waals surface area contributed by atoms with Crippen LogP contribution in [0.2, 0.25) is 0 Å². The summed E-state index contributed by atoms with van der Waals surface area (Å²) in [7, 11) is -1.23. The Morgan fingerprint density at radius 2 is 2.21 bits per heavy atom. The van der Waals surface area contributed by atoms with Gasteiger partial charge in [0.2, 0.25) is 0 Å². The van der Waals surface area contributed by atoms with Gasteiger partial charge in [-0.05, 0) is 24.6 Å². The zero-order valence-corrected chi connectivity index (χ0v) is 8.94. The number of rotatable bonds is 4. The molecule has 78 valence electrons. The zero-order chi connectivity index (χ0) is 10.6. The van der Waals surface area contributed by atoms with Crippen LogP contribution in [0.3, 0.4) is 0 Å². The van der Waals surface area contributed by atoms with Gasteiger partial charge in [-0.3, -0.25) is 4.21 Å². The summed E-state index contributed by atoms with van der Waals surface area (Å²) in [6, 6.07) is 4.28. The lowest BCUT2D eigenvalue weighted by atomic mass is 10.3. The Morgan fingerprint density at radius 3 is 2.79 bits per heavy atom. The Hall–Kier alpha value is -0.900. The van der Waals surface area contributed by atoms with E-state index in [2.05, 4.69) is 0 Å². The molecule has 0 amide bonds. The molecule has 1 aromatic rings. The van der Waals surface area contributed by atoms with Gasteiger partial charge >= 0.3 is 0 Å². The number of hydrogen-bond donors (Lipinski definition) is 1. The van der Waals surface area contributed by atoms with E-state index in [9.17, 15) is 8.60 Å². The lowest BCUT2D eigenvalue weighted by Gasteiger charge is -2.03. The van der Waals surface area contributed by atoms with Gasteiger partial charge < -0.3 is 5.73 Å². The summed E-state index contributed by atoms with van der Waals surface area (Å²) in [5.74, 6) is 0.0385. The molecule has 0 aromatic heterocycles. The van der Waals surface area contributed by atoms with Crippen molar-refractivity contribution in [3.8, 4) is 0 Å². The smallest absolute Gasteiger partial charge is 0.141 e. The van der Waals surface area contributed by atoms with Crippen molar-refractivity contribution in [2.24, 2.45) is 0 Å². The van der Waals surface area contributed by atoms with Crippen LogP contribution in [0.1, 0.15) is 19.8 Å². The van der Waals surface area contributed by atoms with E-state index in [4.69, 9.17) is 5.73 Å².